The lowest BCUT2D eigenvalue weighted by Gasteiger charge is -2.08. The van der Waals surface area contributed by atoms with Crippen molar-refractivity contribution >= 4 is 28.7 Å². The predicted molar refractivity (Wildman–Crippen MR) is 53.9 cm³/mol. The van der Waals surface area contributed by atoms with Crippen molar-refractivity contribution in [3.05, 3.63) is 5.82 Å². The van der Waals surface area contributed by atoms with Gasteiger partial charge in [0.15, 0.2) is 0 Å². The number of amides is 2. The summed E-state index contributed by atoms with van der Waals surface area (Å²) in [6.45, 7) is 3.06. The number of aliphatic carboxylic acids is 1. The van der Waals surface area contributed by atoms with Gasteiger partial charge >= 0.3 is 12.0 Å². The predicted octanol–water partition coefficient (Wildman–Crippen LogP) is 0.441. The van der Waals surface area contributed by atoms with Crippen molar-refractivity contribution in [1.82, 2.24) is 14.7 Å². The molecule has 0 aliphatic heterocycles. The van der Waals surface area contributed by atoms with E-state index in [9.17, 15) is 9.59 Å². The number of carboxylic acid groups (broad SMARTS) is 1. The fourth-order valence-electron chi connectivity index (χ4n) is 0.739. The number of aryl methyl sites for hydroxylation is 1. The van der Waals surface area contributed by atoms with E-state index in [2.05, 4.69) is 20.0 Å². The van der Waals surface area contributed by atoms with Crippen LogP contribution in [0.3, 0.4) is 0 Å². The molecule has 0 aliphatic rings. The second kappa shape index (κ2) is 4.69. The lowest BCUT2D eigenvalue weighted by molar-refractivity contribution is -0.138. The van der Waals surface area contributed by atoms with Gasteiger partial charge in [-0.05, 0) is 13.8 Å². The van der Waals surface area contributed by atoms with Crippen LogP contribution in [0.4, 0.5) is 9.93 Å². The zero-order valence-corrected chi connectivity index (χ0v) is 8.96. The Kier molecular flexibility index (Phi) is 3.56. The fourth-order valence-corrected chi connectivity index (χ4v) is 1.31. The SMILES string of the molecule is Cc1nsc(NC(=O)N[C@@H](C)C(=O)O)n1. The molecule has 1 rings (SSSR count). The number of nitrogens with zero attached hydrogens (tertiary/aromatic N) is 2. The topological polar surface area (TPSA) is 104 Å². The molecular weight excluding hydrogens is 220 g/mol. The summed E-state index contributed by atoms with van der Waals surface area (Å²) in [5, 5.41) is 13.5. The maximum Gasteiger partial charge on any atom is 0.325 e. The average Bonchev–Trinajstić information content (AvgIpc) is 2.50. The molecule has 15 heavy (non-hydrogen) atoms. The molecule has 2 amide bonds. The van der Waals surface area contributed by atoms with Crippen molar-refractivity contribution in [1.29, 1.82) is 0 Å². The molecule has 1 heterocycles. The molecular formula is C7H10N4O3S. The lowest BCUT2D eigenvalue weighted by atomic mass is 10.3. The van der Waals surface area contributed by atoms with Crippen LogP contribution in [-0.4, -0.2) is 32.5 Å². The lowest BCUT2D eigenvalue weighted by Crippen LogP contribution is -2.40. The first-order chi connectivity index (χ1) is 6.99. The van der Waals surface area contributed by atoms with Crippen LogP contribution in [0.2, 0.25) is 0 Å². The molecule has 1 atom stereocenters. The minimum atomic E-state index is -1.10. The van der Waals surface area contributed by atoms with Crippen LogP contribution in [0, 0.1) is 6.92 Å². The quantitative estimate of drug-likeness (QED) is 0.699. The van der Waals surface area contributed by atoms with E-state index >= 15 is 0 Å². The first-order valence-electron chi connectivity index (χ1n) is 4.09. The number of anilines is 1. The third-order valence-electron chi connectivity index (χ3n) is 1.47. The van der Waals surface area contributed by atoms with Gasteiger partial charge in [0.25, 0.3) is 0 Å². The molecule has 0 aromatic carbocycles. The summed E-state index contributed by atoms with van der Waals surface area (Å²) in [5.41, 5.74) is 0. The Morgan fingerprint density at radius 1 is 1.53 bits per heavy atom. The second-order valence-electron chi connectivity index (χ2n) is 2.81. The highest BCUT2D eigenvalue weighted by atomic mass is 32.1. The van der Waals surface area contributed by atoms with Gasteiger partial charge in [-0.15, -0.1) is 0 Å². The molecule has 0 bridgehead atoms. The van der Waals surface area contributed by atoms with Crippen LogP contribution in [-0.2, 0) is 4.79 Å². The van der Waals surface area contributed by atoms with Gasteiger partial charge in [0.05, 0.1) is 0 Å². The molecule has 0 unspecified atom stereocenters. The highest BCUT2D eigenvalue weighted by Gasteiger charge is 2.14. The van der Waals surface area contributed by atoms with Crippen molar-refractivity contribution in [2.24, 2.45) is 0 Å². The zero-order valence-electron chi connectivity index (χ0n) is 8.14. The van der Waals surface area contributed by atoms with Crippen LogP contribution in [0.25, 0.3) is 0 Å². The standard InChI is InChI=1S/C7H10N4O3S/c1-3(5(12)13)8-6(14)10-7-9-4(2)11-15-7/h3H,1-2H3,(H,12,13)(H2,8,9,10,11,14)/t3-/m0/s1. The molecule has 3 N–H and O–H groups in total. The molecule has 0 aliphatic carbocycles. The normalized spacial score (nSPS) is 11.9. The number of hydrogen-bond acceptors (Lipinski definition) is 5. The first kappa shape index (κ1) is 11.4. The van der Waals surface area contributed by atoms with E-state index in [1.165, 1.54) is 6.92 Å². The van der Waals surface area contributed by atoms with E-state index in [1.807, 2.05) is 0 Å². The third kappa shape index (κ3) is 3.50. The molecule has 0 radical (unpaired) electrons. The monoisotopic (exact) mass is 230 g/mol. The van der Waals surface area contributed by atoms with Gasteiger partial charge in [-0.1, -0.05) is 0 Å². The Morgan fingerprint density at radius 3 is 2.67 bits per heavy atom. The molecule has 0 saturated carbocycles. The zero-order chi connectivity index (χ0) is 11.4. The van der Waals surface area contributed by atoms with Crippen molar-refractivity contribution in [2.75, 3.05) is 5.32 Å². The van der Waals surface area contributed by atoms with Crippen LogP contribution >= 0.6 is 11.5 Å². The molecule has 0 saturated heterocycles. The maximum absolute atomic E-state index is 11.2. The van der Waals surface area contributed by atoms with Gasteiger partial charge in [-0.25, -0.2) is 9.78 Å². The summed E-state index contributed by atoms with van der Waals surface area (Å²) in [4.78, 5) is 25.5. The number of carboxylic acids is 1. The van der Waals surface area contributed by atoms with Crippen molar-refractivity contribution in [3.8, 4) is 0 Å². The smallest absolute Gasteiger partial charge is 0.325 e. The van der Waals surface area contributed by atoms with E-state index in [0.29, 0.717) is 11.0 Å². The molecule has 8 heteroatoms. The fraction of sp³-hybridized carbons (Fsp3) is 0.429. The van der Waals surface area contributed by atoms with E-state index in [0.717, 1.165) is 11.5 Å². The number of nitrogens with one attached hydrogen (secondary N) is 2. The summed E-state index contributed by atoms with van der Waals surface area (Å²) in [7, 11) is 0. The van der Waals surface area contributed by atoms with Gasteiger partial charge < -0.3 is 10.4 Å². The van der Waals surface area contributed by atoms with E-state index in [-0.39, 0.29) is 0 Å². The summed E-state index contributed by atoms with van der Waals surface area (Å²) in [6.07, 6.45) is 0. The minimum Gasteiger partial charge on any atom is -0.480 e. The summed E-state index contributed by atoms with van der Waals surface area (Å²) < 4.78 is 3.86. The maximum atomic E-state index is 11.2. The Balaban J connectivity index is 2.46. The number of rotatable bonds is 3. The highest BCUT2D eigenvalue weighted by molar-refractivity contribution is 7.09. The van der Waals surface area contributed by atoms with Gasteiger partial charge in [-0.3, -0.25) is 10.1 Å². The molecule has 0 spiro atoms. The van der Waals surface area contributed by atoms with Crippen LogP contribution in [0.5, 0.6) is 0 Å². The van der Waals surface area contributed by atoms with E-state index in [4.69, 9.17) is 5.11 Å². The molecule has 82 valence electrons. The highest BCUT2D eigenvalue weighted by Crippen LogP contribution is 2.09. The molecule has 1 aromatic heterocycles. The van der Waals surface area contributed by atoms with Gasteiger partial charge in [0, 0.05) is 11.5 Å². The second-order valence-corrected chi connectivity index (χ2v) is 3.56. The Labute approximate surface area is 89.7 Å². The Morgan fingerprint density at radius 2 is 2.20 bits per heavy atom. The van der Waals surface area contributed by atoms with E-state index < -0.39 is 18.0 Å². The first-order valence-corrected chi connectivity index (χ1v) is 4.87. The number of carbonyl (C=O) groups excluding carboxylic acids is 1. The number of hydrogen-bond donors (Lipinski definition) is 3. The average molecular weight is 230 g/mol. The van der Waals surface area contributed by atoms with Crippen LogP contribution < -0.4 is 10.6 Å². The van der Waals surface area contributed by atoms with Crippen LogP contribution in [0.15, 0.2) is 0 Å². The molecule has 0 fully saturated rings. The Hall–Kier alpha value is -1.70. The van der Waals surface area contributed by atoms with Gasteiger partial charge in [-0.2, -0.15) is 4.37 Å². The molecule has 1 aromatic rings. The van der Waals surface area contributed by atoms with Crippen LogP contribution in [0.1, 0.15) is 12.7 Å². The largest absolute Gasteiger partial charge is 0.480 e. The Bertz CT molecular complexity index is 378. The van der Waals surface area contributed by atoms with E-state index in [1.54, 1.807) is 6.92 Å². The minimum absolute atomic E-state index is 0.336. The van der Waals surface area contributed by atoms with Gasteiger partial charge in [0.2, 0.25) is 5.13 Å². The summed E-state index contributed by atoms with van der Waals surface area (Å²) in [5.74, 6) is -0.542. The van der Waals surface area contributed by atoms with Crippen molar-refractivity contribution in [3.63, 3.8) is 0 Å². The third-order valence-corrected chi connectivity index (χ3v) is 2.19. The number of urea groups is 1. The summed E-state index contributed by atoms with van der Waals surface area (Å²) >= 11 is 1.03. The number of aromatic nitrogens is 2. The van der Waals surface area contributed by atoms with Gasteiger partial charge in [0.1, 0.15) is 11.9 Å². The molecule has 7 nitrogen and oxygen atoms in total. The number of carbonyl (C=O) groups is 2. The van der Waals surface area contributed by atoms with Crippen molar-refractivity contribution in [2.45, 2.75) is 19.9 Å². The summed E-state index contributed by atoms with van der Waals surface area (Å²) in [6, 6.07) is -1.56. The van der Waals surface area contributed by atoms with Crippen molar-refractivity contribution < 1.29 is 14.7 Å².